The molecule has 0 aromatic heterocycles. The molecule has 1 atom stereocenters. The largest absolute Gasteiger partial charge is 0.394 e. The van der Waals surface area contributed by atoms with Gasteiger partial charge in [0.05, 0.1) is 23.8 Å². The van der Waals surface area contributed by atoms with Gasteiger partial charge in [0, 0.05) is 6.54 Å². The maximum Gasteiger partial charge on any atom is 0.137 e. The Balaban J connectivity index is 2.78. The summed E-state index contributed by atoms with van der Waals surface area (Å²) in [5.41, 5.74) is 6.17. The van der Waals surface area contributed by atoms with Crippen molar-refractivity contribution in [3.8, 4) is 0 Å². The van der Waals surface area contributed by atoms with Gasteiger partial charge in [0.1, 0.15) is 5.82 Å². The van der Waals surface area contributed by atoms with Crippen LogP contribution in [0.15, 0.2) is 22.7 Å². The van der Waals surface area contributed by atoms with E-state index in [0.29, 0.717) is 10.0 Å². The number of hydrogen-bond acceptors (Lipinski definition) is 3. The zero-order chi connectivity index (χ0) is 11.3. The summed E-state index contributed by atoms with van der Waals surface area (Å²) in [7, 11) is 0. The van der Waals surface area contributed by atoms with Gasteiger partial charge in [-0.3, -0.25) is 0 Å². The monoisotopic (exact) mass is 277 g/mol. The second-order valence-electron chi connectivity index (χ2n) is 2.99. The number of nitrogens with two attached hydrogens (primary N) is 1. The summed E-state index contributed by atoms with van der Waals surface area (Å²) < 4.78 is 18.9. The average molecular weight is 278 g/mol. The molecule has 0 spiro atoms. The van der Waals surface area contributed by atoms with Crippen LogP contribution in [-0.4, -0.2) is 24.9 Å². The van der Waals surface area contributed by atoms with Gasteiger partial charge < -0.3 is 15.6 Å². The van der Waals surface area contributed by atoms with Gasteiger partial charge in [-0.15, -0.1) is 0 Å². The average Bonchev–Trinajstić information content (AvgIpc) is 2.24. The Hall–Kier alpha value is -0.490. The molecule has 0 heterocycles. The maximum absolute atomic E-state index is 13.2. The van der Waals surface area contributed by atoms with Gasteiger partial charge in [-0.1, -0.05) is 6.07 Å². The molecule has 0 amide bonds. The third-order valence-corrected chi connectivity index (χ3v) is 2.58. The molecule has 84 valence electrons. The molecule has 0 aliphatic heterocycles. The molecule has 0 saturated carbocycles. The Morgan fingerprint density at radius 1 is 1.53 bits per heavy atom. The number of halogens is 2. The second-order valence-corrected chi connectivity index (χ2v) is 3.85. The van der Waals surface area contributed by atoms with Gasteiger partial charge in [-0.2, -0.15) is 0 Å². The van der Waals surface area contributed by atoms with Crippen LogP contribution in [0.5, 0.6) is 0 Å². The van der Waals surface area contributed by atoms with Gasteiger partial charge in [0.2, 0.25) is 0 Å². The first-order valence-corrected chi connectivity index (χ1v) is 5.35. The lowest BCUT2D eigenvalue weighted by Gasteiger charge is -2.15. The molecule has 1 aromatic carbocycles. The molecule has 1 aromatic rings. The highest BCUT2D eigenvalue weighted by molar-refractivity contribution is 9.10. The Labute approximate surface area is 96.2 Å². The molecule has 1 unspecified atom stereocenters. The fourth-order valence-electron chi connectivity index (χ4n) is 1.21. The molecule has 3 nitrogen and oxygen atoms in total. The van der Waals surface area contributed by atoms with E-state index in [0.717, 1.165) is 0 Å². The third kappa shape index (κ3) is 3.53. The molecule has 0 saturated heterocycles. The van der Waals surface area contributed by atoms with E-state index in [1.165, 1.54) is 6.07 Å². The SMILES string of the molecule is NCC(OCCO)c1ccc(Br)c(F)c1. The lowest BCUT2D eigenvalue weighted by atomic mass is 10.1. The molecule has 0 radical (unpaired) electrons. The Morgan fingerprint density at radius 2 is 2.27 bits per heavy atom. The summed E-state index contributed by atoms with van der Waals surface area (Å²) in [4.78, 5) is 0. The zero-order valence-electron chi connectivity index (χ0n) is 8.12. The van der Waals surface area contributed by atoms with Crippen LogP contribution in [0.1, 0.15) is 11.7 Å². The lowest BCUT2D eigenvalue weighted by molar-refractivity contribution is 0.0327. The van der Waals surface area contributed by atoms with Crippen molar-refractivity contribution in [3.05, 3.63) is 34.1 Å². The van der Waals surface area contributed by atoms with E-state index < -0.39 is 0 Å². The highest BCUT2D eigenvalue weighted by Gasteiger charge is 2.11. The van der Waals surface area contributed by atoms with Gasteiger partial charge in [-0.25, -0.2) is 4.39 Å². The van der Waals surface area contributed by atoms with Crippen LogP contribution in [-0.2, 0) is 4.74 Å². The topological polar surface area (TPSA) is 55.5 Å². The number of hydrogen-bond donors (Lipinski definition) is 2. The highest BCUT2D eigenvalue weighted by atomic mass is 79.9. The van der Waals surface area contributed by atoms with Crippen LogP contribution in [0.4, 0.5) is 4.39 Å². The lowest BCUT2D eigenvalue weighted by Crippen LogP contribution is -2.17. The first-order valence-electron chi connectivity index (χ1n) is 4.56. The molecule has 0 aliphatic carbocycles. The molecule has 5 heteroatoms. The number of aliphatic hydroxyl groups is 1. The van der Waals surface area contributed by atoms with Crippen molar-refractivity contribution in [2.24, 2.45) is 5.73 Å². The van der Waals surface area contributed by atoms with Crippen LogP contribution >= 0.6 is 15.9 Å². The summed E-state index contributed by atoms with van der Waals surface area (Å²) in [5.74, 6) is -0.349. The van der Waals surface area contributed by atoms with Gasteiger partial charge in [0.25, 0.3) is 0 Å². The van der Waals surface area contributed by atoms with E-state index in [2.05, 4.69) is 15.9 Å². The smallest absolute Gasteiger partial charge is 0.137 e. The highest BCUT2D eigenvalue weighted by Crippen LogP contribution is 2.22. The van der Waals surface area contributed by atoms with Crippen molar-refractivity contribution < 1.29 is 14.2 Å². The van der Waals surface area contributed by atoms with Crippen LogP contribution in [0.2, 0.25) is 0 Å². The normalized spacial score (nSPS) is 12.8. The van der Waals surface area contributed by atoms with Crippen molar-refractivity contribution >= 4 is 15.9 Å². The molecule has 0 aliphatic rings. The molecular formula is C10H13BrFNO2. The summed E-state index contributed by atoms with van der Waals surface area (Å²) >= 11 is 3.07. The van der Waals surface area contributed by atoms with E-state index in [-0.39, 0.29) is 31.7 Å². The van der Waals surface area contributed by atoms with Crippen molar-refractivity contribution in [2.45, 2.75) is 6.10 Å². The van der Waals surface area contributed by atoms with Crippen LogP contribution in [0, 0.1) is 5.82 Å². The summed E-state index contributed by atoms with van der Waals surface area (Å²) in [6, 6.07) is 4.72. The minimum atomic E-state index is -0.375. The fraction of sp³-hybridized carbons (Fsp3) is 0.400. The summed E-state index contributed by atoms with van der Waals surface area (Å²) in [5, 5.41) is 8.61. The molecular weight excluding hydrogens is 265 g/mol. The molecule has 0 fully saturated rings. The third-order valence-electron chi connectivity index (χ3n) is 1.94. The first-order chi connectivity index (χ1) is 7.19. The van der Waals surface area contributed by atoms with E-state index in [1.54, 1.807) is 12.1 Å². The Kier molecular flexibility index (Phi) is 5.17. The van der Waals surface area contributed by atoms with Gasteiger partial charge in [0.15, 0.2) is 0 Å². The first kappa shape index (κ1) is 12.6. The van der Waals surface area contributed by atoms with Crippen molar-refractivity contribution in [1.82, 2.24) is 0 Å². The zero-order valence-corrected chi connectivity index (χ0v) is 9.71. The molecule has 15 heavy (non-hydrogen) atoms. The molecule has 0 bridgehead atoms. The number of aliphatic hydroxyl groups excluding tert-OH is 1. The van der Waals surface area contributed by atoms with Gasteiger partial charge >= 0.3 is 0 Å². The van der Waals surface area contributed by atoms with E-state index in [1.807, 2.05) is 0 Å². The minimum absolute atomic E-state index is 0.0739. The molecule has 3 N–H and O–H groups in total. The minimum Gasteiger partial charge on any atom is -0.394 e. The Morgan fingerprint density at radius 3 is 2.80 bits per heavy atom. The van der Waals surface area contributed by atoms with Crippen LogP contribution in [0.3, 0.4) is 0 Å². The fourth-order valence-corrected chi connectivity index (χ4v) is 1.45. The predicted molar refractivity (Wildman–Crippen MR) is 58.9 cm³/mol. The standard InChI is InChI=1S/C10H13BrFNO2/c11-8-2-1-7(5-9(8)12)10(6-13)15-4-3-14/h1-2,5,10,14H,3-4,6,13H2. The predicted octanol–water partition coefficient (Wildman–Crippen LogP) is 1.60. The Bertz CT molecular complexity index is 322. The van der Waals surface area contributed by atoms with Crippen molar-refractivity contribution in [1.29, 1.82) is 0 Å². The summed E-state index contributed by atoms with van der Waals surface area (Å²) in [6.07, 6.45) is -0.375. The van der Waals surface area contributed by atoms with Crippen LogP contribution in [0.25, 0.3) is 0 Å². The van der Waals surface area contributed by atoms with Crippen molar-refractivity contribution in [3.63, 3.8) is 0 Å². The number of benzene rings is 1. The van der Waals surface area contributed by atoms with E-state index in [4.69, 9.17) is 15.6 Å². The second kappa shape index (κ2) is 6.17. The number of ether oxygens (including phenoxy) is 1. The van der Waals surface area contributed by atoms with E-state index >= 15 is 0 Å². The quantitative estimate of drug-likeness (QED) is 0.860. The van der Waals surface area contributed by atoms with E-state index in [9.17, 15) is 4.39 Å². The summed E-state index contributed by atoms with van der Waals surface area (Å²) in [6.45, 7) is 0.371. The van der Waals surface area contributed by atoms with Crippen molar-refractivity contribution in [2.75, 3.05) is 19.8 Å². The number of rotatable bonds is 5. The van der Waals surface area contributed by atoms with Crippen LogP contribution < -0.4 is 5.73 Å². The van der Waals surface area contributed by atoms with Gasteiger partial charge in [-0.05, 0) is 33.6 Å². The maximum atomic E-state index is 13.2. The molecule has 1 rings (SSSR count).